The van der Waals surface area contributed by atoms with E-state index in [1.165, 1.54) is 31.8 Å². The average molecular weight is 639 g/mol. The molecule has 0 aromatic heterocycles. The summed E-state index contributed by atoms with van der Waals surface area (Å²) in [6, 6.07) is 60.9. The van der Waals surface area contributed by atoms with Crippen LogP contribution in [0.5, 0.6) is 0 Å². The van der Waals surface area contributed by atoms with Crippen molar-refractivity contribution < 1.29 is 17.1 Å². The molecular formula is C35H30Cl2FeP2-6. The summed E-state index contributed by atoms with van der Waals surface area (Å²) in [5, 5.41) is 8.70. The second-order valence-electron chi connectivity index (χ2n) is 8.37. The summed E-state index contributed by atoms with van der Waals surface area (Å²) >= 11 is 9.53. The fraction of sp³-hybridized carbons (Fsp3) is 0.0286. The Morgan fingerprint density at radius 1 is 0.475 bits per heavy atom. The minimum absolute atomic E-state index is 0. The molecule has 0 radical (unpaired) electrons. The van der Waals surface area contributed by atoms with Gasteiger partial charge in [-0.1, -0.05) is 129 Å². The predicted octanol–water partition coefficient (Wildman–Crippen LogP) is 7.75. The van der Waals surface area contributed by atoms with Crippen LogP contribution < -0.4 is 31.8 Å². The third-order valence-electron chi connectivity index (χ3n) is 5.87. The molecule has 0 N–H and O–H groups in total. The van der Waals surface area contributed by atoms with Crippen LogP contribution >= 0.6 is 39.0 Å². The van der Waals surface area contributed by atoms with E-state index in [0.29, 0.717) is 0 Å². The molecule has 5 heteroatoms. The molecule has 0 saturated heterocycles. The Labute approximate surface area is 261 Å². The summed E-state index contributed by atoms with van der Waals surface area (Å²) in [4.78, 5) is 0. The molecule has 6 aromatic rings. The molecule has 0 saturated carbocycles. The Balaban J connectivity index is 0.000000429. The number of benzene rings is 4. The quantitative estimate of drug-likeness (QED) is 0.0758. The third-order valence-corrected chi connectivity index (χ3v) is 11.0. The zero-order chi connectivity index (χ0) is 27.1. The summed E-state index contributed by atoms with van der Waals surface area (Å²) in [5.74, 6) is 0. The topological polar surface area (TPSA) is 0 Å². The zero-order valence-corrected chi connectivity index (χ0v) is 26.3. The third kappa shape index (κ3) is 9.03. The van der Waals surface area contributed by atoms with Gasteiger partial charge in [-0.3, -0.25) is 0 Å². The minimum Gasteiger partial charge on any atom is -0.748 e. The van der Waals surface area contributed by atoms with E-state index >= 15 is 0 Å². The molecule has 0 spiro atoms. The molecule has 0 aliphatic carbocycles. The van der Waals surface area contributed by atoms with Crippen molar-refractivity contribution in [2.45, 2.75) is 0 Å². The van der Waals surface area contributed by atoms with Crippen LogP contribution in [0.15, 0.2) is 170 Å². The second-order valence-corrected chi connectivity index (χ2v) is 13.6. The minimum atomic E-state index is -0.627. The summed E-state index contributed by atoms with van der Waals surface area (Å²) in [7, 11) is -1.25. The Morgan fingerprint density at radius 2 is 0.800 bits per heavy atom. The van der Waals surface area contributed by atoms with Gasteiger partial charge in [-0.15, -0.1) is 33.8 Å². The SMILES string of the molecule is ClCCl.[Fe].[cH-]1[cH-][cH-][cH-][cH-]1.c1ccc(P(c2ccccc2)c2ccc[c-]2P(c2ccccc2)c2ccccc2)cc1. The van der Waals surface area contributed by atoms with Crippen LogP contribution in [0.2, 0.25) is 0 Å². The van der Waals surface area contributed by atoms with Gasteiger partial charge < -0.3 is 30.3 Å². The first-order chi connectivity index (χ1) is 19.3. The van der Waals surface area contributed by atoms with Crippen molar-refractivity contribution in [2.24, 2.45) is 0 Å². The molecule has 208 valence electrons. The number of hydrogen-bond donors (Lipinski definition) is 0. The van der Waals surface area contributed by atoms with Crippen LogP contribution in [-0.2, 0) is 17.1 Å². The molecule has 6 rings (SSSR count). The van der Waals surface area contributed by atoms with Crippen molar-refractivity contribution >= 4 is 70.9 Å². The van der Waals surface area contributed by atoms with Crippen LogP contribution in [0.4, 0.5) is 0 Å². The monoisotopic (exact) mass is 638 g/mol. The molecule has 0 fully saturated rings. The van der Waals surface area contributed by atoms with Crippen molar-refractivity contribution in [1.82, 2.24) is 0 Å². The van der Waals surface area contributed by atoms with E-state index in [9.17, 15) is 0 Å². The summed E-state index contributed by atoms with van der Waals surface area (Å²) in [6.07, 6.45) is 0. The molecule has 0 aliphatic rings. The Hall–Kier alpha value is -2.46. The number of rotatable bonds is 6. The predicted molar refractivity (Wildman–Crippen MR) is 178 cm³/mol. The fourth-order valence-corrected chi connectivity index (χ4v) is 9.53. The van der Waals surface area contributed by atoms with Gasteiger partial charge in [0.05, 0.1) is 5.34 Å². The van der Waals surface area contributed by atoms with E-state index in [4.69, 9.17) is 23.2 Å². The maximum Gasteiger partial charge on any atom is 0.0967 e. The van der Waals surface area contributed by atoms with Gasteiger partial charge in [-0.2, -0.15) is 6.07 Å². The molecule has 0 heterocycles. The summed E-state index contributed by atoms with van der Waals surface area (Å²) < 4.78 is 0. The van der Waals surface area contributed by atoms with Gasteiger partial charge in [0.2, 0.25) is 0 Å². The molecule has 0 unspecified atom stereocenters. The van der Waals surface area contributed by atoms with Gasteiger partial charge in [0.1, 0.15) is 0 Å². The van der Waals surface area contributed by atoms with Gasteiger partial charge in [0.15, 0.2) is 0 Å². The molecule has 0 aliphatic heterocycles. The Bertz CT molecular complexity index is 1250. The van der Waals surface area contributed by atoms with E-state index in [0.717, 1.165) is 0 Å². The first-order valence-corrected chi connectivity index (χ1v) is 16.4. The van der Waals surface area contributed by atoms with E-state index in [-0.39, 0.29) is 22.4 Å². The standard InChI is InChI=1S/C29H23P2.C5H5.CH2Cl2.Fe/c1-5-14-24(15-6-1)30(25-16-7-2-8-17-25)28-22-13-23-29(28)31(26-18-9-3-10-19-26)27-20-11-4-12-21-27;1-2-4-5-3-1;2-1-3;/h1-23H;1-5H;1H2;/q-1;-5;;. The van der Waals surface area contributed by atoms with Gasteiger partial charge in [-0.05, 0) is 29.1 Å². The van der Waals surface area contributed by atoms with Gasteiger partial charge >= 0.3 is 0 Å². The molecule has 0 atom stereocenters. The van der Waals surface area contributed by atoms with Crippen molar-refractivity contribution in [3.63, 3.8) is 0 Å². The van der Waals surface area contributed by atoms with E-state index in [1.54, 1.807) is 0 Å². The van der Waals surface area contributed by atoms with E-state index in [1.807, 2.05) is 30.3 Å². The number of hydrogen-bond acceptors (Lipinski definition) is 0. The zero-order valence-electron chi connectivity index (χ0n) is 21.9. The molecular weight excluding hydrogens is 609 g/mol. The molecule has 0 amide bonds. The van der Waals surface area contributed by atoms with Crippen LogP contribution in [0.1, 0.15) is 0 Å². The van der Waals surface area contributed by atoms with Crippen LogP contribution in [0.25, 0.3) is 0 Å². The first-order valence-electron chi connectivity index (χ1n) is 12.7. The number of alkyl halides is 2. The second kappa shape index (κ2) is 18.1. The fourth-order valence-electron chi connectivity index (χ4n) is 4.26. The normalized spacial score (nSPS) is 10.1. The van der Waals surface area contributed by atoms with Gasteiger partial charge in [-0.25, -0.2) is 12.1 Å². The van der Waals surface area contributed by atoms with Crippen molar-refractivity contribution in [3.05, 3.63) is 170 Å². The Kier molecular flexibility index (Phi) is 14.5. The molecule has 6 aromatic carbocycles. The smallest absolute Gasteiger partial charge is 0.0967 e. The molecule has 0 bridgehead atoms. The molecule has 0 nitrogen and oxygen atoms in total. The largest absolute Gasteiger partial charge is 0.748 e. The van der Waals surface area contributed by atoms with Crippen LogP contribution in [0.3, 0.4) is 0 Å². The molecule has 40 heavy (non-hydrogen) atoms. The summed E-state index contributed by atoms with van der Waals surface area (Å²) in [6.45, 7) is 0. The maximum atomic E-state index is 4.76. The Morgan fingerprint density at radius 3 is 1.15 bits per heavy atom. The summed E-state index contributed by atoms with van der Waals surface area (Å²) in [5.41, 5.74) is 0. The van der Waals surface area contributed by atoms with Crippen molar-refractivity contribution in [2.75, 3.05) is 5.34 Å². The van der Waals surface area contributed by atoms with E-state index < -0.39 is 15.8 Å². The van der Waals surface area contributed by atoms with Crippen LogP contribution in [0, 0.1) is 0 Å². The maximum absolute atomic E-state index is 4.76. The number of halogens is 2. The van der Waals surface area contributed by atoms with Crippen LogP contribution in [-0.4, -0.2) is 5.34 Å². The van der Waals surface area contributed by atoms with Gasteiger partial charge in [0.25, 0.3) is 0 Å². The van der Waals surface area contributed by atoms with Gasteiger partial charge in [0, 0.05) is 17.1 Å². The van der Waals surface area contributed by atoms with Crippen molar-refractivity contribution in [1.29, 1.82) is 0 Å². The average Bonchev–Trinajstić information content (AvgIpc) is 3.73. The van der Waals surface area contributed by atoms with E-state index in [2.05, 4.69) is 140 Å². The van der Waals surface area contributed by atoms with Crippen molar-refractivity contribution in [3.8, 4) is 0 Å². The first kappa shape index (κ1) is 32.1.